The first-order valence-corrected chi connectivity index (χ1v) is 12.5. The van der Waals surface area contributed by atoms with Crippen LogP contribution in [0.2, 0.25) is 0 Å². The number of rotatable bonds is 9. The van der Waals surface area contributed by atoms with E-state index in [-0.39, 0.29) is 11.8 Å². The van der Waals surface area contributed by atoms with Gasteiger partial charge in [0.25, 0.3) is 11.8 Å². The molecular formula is C28H27FN6O2. The largest absolute Gasteiger partial charge is 0.352 e. The Bertz CT molecular complexity index is 1360. The molecule has 0 spiro atoms. The van der Waals surface area contributed by atoms with Crippen molar-refractivity contribution in [3.8, 4) is 11.8 Å². The third kappa shape index (κ3) is 5.43. The monoisotopic (exact) mass is 498 g/mol. The number of imide groups is 1. The maximum absolute atomic E-state index is 13.5. The van der Waals surface area contributed by atoms with Crippen molar-refractivity contribution in [2.75, 3.05) is 23.3 Å². The highest BCUT2D eigenvalue weighted by atomic mass is 19.1. The van der Waals surface area contributed by atoms with Gasteiger partial charge >= 0.3 is 0 Å². The van der Waals surface area contributed by atoms with Crippen molar-refractivity contribution >= 4 is 29.3 Å². The minimum atomic E-state index is -0.584. The molecule has 1 aromatic carbocycles. The fraction of sp³-hybridized carbons (Fsp3) is 0.321. The number of carbonyl (C=O) groups excluding carboxylic acids is 2. The Hall–Kier alpha value is -4.32. The van der Waals surface area contributed by atoms with Crippen molar-refractivity contribution in [1.82, 2.24) is 19.9 Å². The molecule has 1 saturated carbocycles. The summed E-state index contributed by atoms with van der Waals surface area (Å²) in [6, 6.07) is 10.3. The van der Waals surface area contributed by atoms with Crippen LogP contribution in [-0.4, -0.2) is 50.8 Å². The van der Waals surface area contributed by atoms with Gasteiger partial charge in [-0.25, -0.2) is 9.97 Å². The van der Waals surface area contributed by atoms with Gasteiger partial charge in [-0.1, -0.05) is 30.9 Å². The maximum atomic E-state index is 13.5. The average molecular weight is 499 g/mol. The van der Waals surface area contributed by atoms with Crippen LogP contribution in [0.1, 0.15) is 65.3 Å². The molecule has 1 fully saturated rings. The predicted octanol–water partition coefficient (Wildman–Crippen LogP) is 4.56. The van der Waals surface area contributed by atoms with E-state index in [0.717, 1.165) is 31.6 Å². The molecule has 37 heavy (non-hydrogen) atoms. The standard InChI is InChI=1S/C28H27FN6O2/c1-2-15-34(21-11-12-21)25-19(18-31-28(33-25)32-20-13-14-30-24(29)17-20)8-4-3-7-16-35-26(36)22-9-5-6-10-23(22)27(35)37/h5-6,9-10,13-14,17-18,21H,2-3,7,11-12,15-16H2,1H3,(H,30,31,32,33). The molecule has 1 aliphatic heterocycles. The Morgan fingerprint density at radius 2 is 1.89 bits per heavy atom. The van der Waals surface area contributed by atoms with E-state index in [4.69, 9.17) is 4.98 Å². The molecule has 0 unspecified atom stereocenters. The summed E-state index contributed by atoms with van der Waals surface area (Å²) in [7, 11) is 0. The zero-order chi connectivity index (χ0) is 25.8. The van der Waals surface area contributed by atoms with E-state index in [2.05, 4.69) is 38.9 Å². The van der Waals surface area contributed by atoms with E-state index < -0.39 is 5.95 Å². The fourth-order valence-electron chi connectivity index (χ4n) is 4.36. The van der Waals surface area contributed by atoms with Gasteiger partial charge in [0, 0.05) is 43.5 Å². The summed E-state index contributed by atoms with van der Waals surface area (Å²) in [5.41, 5.74) is 2.14. The Kier molecular flexibility index (Phi) is 7.08. The highest BCUT2D eigenvalue weighted by Gasteiger charge is 2.34. The number of aromatic nitrogens is 3. The Labute approximate surface area is 214 Å². The second-order valence-electron chi connectivity index (χ2n) is 9.06. The second-order valence-corrected chi connectivity index (χ2v) is 9.06. The minimum absolute atomic E-state index is 0.249. The summed E-state index contributed by atoms with van der Waals surface area (Å²) in [6.07, 6.45) is 7.33. The van der Waals surface area contributed by atoms with Gasteiger partial charge in [0.1, 0.15) is 5.82 Å². The van der Waals surface area contributed by atoms with E-state index in [9.17, 15) is 14.0 Å². The number of carbonyl (C=O) groups is 2. The second kappa shape index (κ2) is 10.7. The number of benzene rings is 1. The lowest BCUT2D eigenvalue weighted by Crippen LogP contribution is -2.30. The molecule has 3 heterocycles. The summed E-state index contributed by atoms with van der Waals surface area (Å²) in [5.74, 6) is 6.39. The molecule has 1 aliphatic carbocycles. The molecule has 9 heteroatoms. The zero-order valence-electron chi connectivity index (χ0n) is 20.6. The average Bonchev–Trinajstić information content (AvgIpc) is 3.71. The van der Waals surface area contributed by atoms with Crippen LogP contribution in [0.3, 0.4) is 0 Å². The van der Waals surface area contributed by atoms with Crippen LogP contribution >= 0.6 is 0 Å². The number of hydrogen-bond acceptors (Lipinski definition) is 7. The molecule has 0 saturated heterocycles. The first-order valence-electron chi connectivity index (χ1n) is 12.5. The molecule has 2 aliphatic rings. The molecule has 8 nitrogen and oxygen atoms in total. The molecule has 0 radical (unpaired) electrons. The summed E-state index contributed by atoms with van der Waals surface area (Å²) in [5, 5.41) is 3.05. The van der Waals surface area contributed by atoms with Crippen molar-refractivity contribution in [2.45, 2.75) is 45.1 Å². The lowest BCUT2D eigenvalue weighted by Gasteiger charge is -2.24. The number of hydrogen-bond donors (Lipinski definition) is 1. The number of nitrogens with one attached hydrogen (secondary N) is 1. The highest BCUT2D eigenvalue weighted by Crippen LogP contribution is 2.33. The molecule has 2 aromatic heterocycles. The SMILES string of the molecule is CCCN(c1nc(Nc2ccnc(F)c2)ncc1C#CCCCN1C(=O)c2ccccc2C1=O)C1CC1. The zero-order valence-corrected chi connectivity index (χ0v) is 20.6. The number of unbranched alkanes of at least 4 members (excludes halogenated alkanes) is 1. The molecule has 3 aromatic rings. The van der Waals surface area contributed by atoms with Crippen LogP contribution in [0.15, 0.2) is 48.8 Å². The van der Waals surface area contributed by atoms with Crippen LogP contribution < -0.4 is 10.2 Å². The number of nitrogens with zero attached hydrogens (tertiary/aromatic N) is 5. The molecule has 0 bridgehead atoms. The van der Waals surface area contributed by atoms with Gasteiger partial charge in [-0.2, -0.15) is 9.37 Å². The van der Waals surface area contributed by atoms with Gasteiger partial charge in [-0.3, -0.25) is 14.5 Å². The maximum Gasteiger partial charge on any atom is 0.261 e. The smallest absolute Gasteiger partial charge is 0.261 e. The van der Waals surface area contributed by atoms with Crippen molar-refractivity contribution in [2.24, 2.45) is 0 Å². The summed E-state index contributed by atoms with van der Waals surface area (Å²) in [4.78, 5) is 41.4. The Morgan fingerprint density at radius 3 is 2.57 bits per heavy atom. The molecule has 2 amide bonds. The van der Waals surface area contributed by atoms with Crippen molar-refractivity contribution < 1.29 is 14.0 Å². The van der Waals surface area contributed by atoms with E-state index in [0.29, 0.717) is 53.8 Å². The molecule has 0 atom stereocenters. The van der Waals surface area contributed by atoms with Gasteiger partial charge in [0.2, 0.25) is 11.9 Å². The number of halogens is 1. The predicted molar refractivity (Wildman–Crippen MR) is 138 cm³/mol. The Morgan fingerprint density at radius 1 is 1.14 bits per heavy atom. The minimum Gasteiger partial charge on any atom is -0.352 e. The van der Waals surface area contributed by atoms with Gasteiger partial charge in [-0.15, -0.1) is 0 Å². The van der Waals surface area contributed by atoms with Crippen molar-refractivity contribution in [3.63, 3.8) is 0 Å². The van der Waals surface area contributed by atoms with Crippen molar-refractivity contribution in [1.29, 1.82) is 0 Å². The molecule has 188 valence electrons. The lowest BCUT2D eigenvalue weighted by molar-refractivity contribution is 0.0653. The van der Waals surface area contributed by atoms with E-state index in [1.807, 2.05) is 0 Å². The first kappa shape index (κ1) is 24.4. The van der Waals surface area contributed by atoms with E-state index >= 15 is 0 Å². The topological polar surface area (TPSA) is 91.3 Å². The van der Waals surface area contributed by atoms with Gasteiger partial charge in [0.05, 0.1) is 22.9 Å². The van der Waals surface area contributed by atoms with Crippen LogP contribution in [0, 0.1) is 17.8 Å². The van der Waals surface area contributed by atoms with Gasteiger partial charge in [-0.05, 0) is 43.9 Å². The number of anilines is 3. The van der Waals surface area contributed by atoms with Crippen LogP contribution in [0.4, 0.5) is 21.8 Å². The molecular weight excluding hydrogens is 471 g/mol. The number of pyridine rings is 1. The van der Waals surface area contributed by atoms with Crippen LogP contribution in [0.5, 0.6) is 0 Å². The van der Waals surface area contributed by atoms with Crippen LogP contribution in [-0.2, 0) is 0 Å². The summed E-state index contributed by atoms with van der Waals surface area (Å²) < 4.78 is 13.5. The number of amides is 2. The fourth-order valence-corrected chi connectivity index (χ4v) is 4.36. The highest BCUT2D eigenvalue weighted by molar-refractivity contribution is 6.21. The first-order chi connectivity index (χ1) is 18.0. The van der Waals surface area contributed by atoms with Crippen LogP contribution in [0.25, 0.3) is 0 Å². The normalized spacial score (nSPS) is 14.3. The van der Waals surface area contributed by atoms with Gasteiger partial charge < -0.3 is 10.2 Å². The summed E-state index contributed by atoms with van der Waals surface area (Å²) >= 11 is 0. The molecule has 1 N–H and O–H groups in total. The van der Waals surface area contributed by atoms with Gasteiger partial charge in [0.15, 0.2) is 0 Å². The number of fused-ring (bicyclic) bond motifs is 1. The Balaban J connectivity index is 1.29. The lowest BCUT2D eigenvalue weighted by atomic mass is 10.1. The third-order valence-corrected chi connectivity index (χ3v) is 6.26. The van der Waals surface area contributed by atoms with Crippen molar-refractivity contribution in [3.05, 3.63) is 71.4 Å². The quantitative estimate of drug-likeness (QED) is 0.200. The van der Waals surface area contributed by atoms with E-state index in [1.54, 1.807) is 36.5 Å². The third-order valence-electron chi connectivity index (χ3n) is 6.26. The summed E-state index contributed by atoms with van der Waals surface area (Å²) in [6.45, 7) is 3.29. The molecule has 5 rings (SSSR count). The van der Waals surface area contributed by atoms with E-state index in [1.165, 1.54) is 17.2 Å².